The molecule has 2 heterocycles. The maximum atomic E-state index is 12.5. The third kappa shape index (κ3) is 2.44. The lowest BCUT2D eigenvalue weighted by Crippen LogP contribution is -2.48. The molecule has 1 aromatic rings. The highest BCUT2D eigenvalue weighted by atomic mass is 16.7. The van der Waals surface area contributed by atoms with E-state index in [2.05, 4.69) is 0 Å². The van der Waals surface area contributed by atoms with E-state index < -0.39 is 5.79 Å². The second kappa shape index (κ2) is 5.82. The van der Waals surface area contributed by atoms with E-state index in [1.165, 1.54) is 4.90 Å². The molecule has 0 bridgehead atoms. The number of benzene rings is 1. The average molecular weight is 303 g/mol. The van der Waals surface area contributed by atoms with Gasteiger partial charge in [0.25, 0.3) is 11.8 Å². The third-order valence-corrected chi connectivity index (χ3v) is 4.43. The van der Waals surface area contributed by atoms with E-state index in [0.29, 0.717) is 37.2 Å². The Labute approximate surface area is 130 Å². The van der Waals surface area contributed by atoms with Crippen LogP contribution in [0.2, 0.25) is 0 Å². The fraction of sp³-hybridized carbons (Fsp3) is 0.529. The van der Waals surface area contributed by atoms with Gasteiger partial charge >= 0.3 is 0 Å². The first-order valence-electron chi connectivity index (χ1n) is 7.83. The van der Waals surface area contributed by atoms with Gasteiger partial charge in [-0.15, -0.1) is 0 Å². The molecule has 118 valence electrons. The van der Waals surface area contributed by atoms with Gasteiger partial charge in [-0.3, -0.25) is 14.5 Å². The van der Waals surface area contributed by atoms with Gasteiger partial charge in [0.05, 0.1) is 24.3 Å². The standard InChI is InChI=1S/C17H21NO4/c1-3-17(21-9-6-10-22-17)11-12(2)18-15(19)13-7-4-5-8-14(13)16(18)20/h4-5,7-8,12H,3,6,9-11H2,1-2H3. The van der Waals surface area contributed by atoms with E-state index in [9.17, 15) is 9.59 Å². The van der Waals surface area contributed by atoms with Gasteiger partial charge in [-0.2, -0.15) is 0 Å². The van der Waals surface area contributed by atoms with Gasteiger partial charge < -0.3 is 9.47 Å². The molecule has 0 spiro atoms. The first kappa shape index (κ1) is 15.2. The van der Waals surface area contributed by atoms with E-state index >= 15 is 0 Å². The number of nitrogens with zero attached hydrogens (tertiary/aromatic N) is 1. The number of amides is 2. The van der Waals surface area contributed by atoms with Crippen LogP contribution in [0.5, 0.6) is 0 Å². The van der Waals surface area contributed by atoms with Gasteiger partial charge in [0.1, 0.15) is 0 Å². The minimum absolute atomic E-state index is 0.227. The van der Waals surface area contributed by atoms with Gasteiger partial charge in [-0.05, 0) is 31.9 Å². The monoisotopic (exact) mass is 303 g/mol. The van der Waals surface area contributed by atoms with Crippen molar-refractivity contribution in [2.24, 2.45) is 0 Å². The third-order valence-electron chi connectivity index (χ3n) is 4.43. The summed E-state index contributed by atoms with van der Waals surface area (Å²) in [6.07, 6.45) is 2.07. The van der Waals surface area contributed by atoms with Gasteiger partial charge in [0.2, 0.25) is 0 Å². The zero-order valence-electron chi connectivity index (χ0n) is 13.0. The highest BCUT2D eigenvalue weighted by molar-refractivity contribution is 6.21. The van der Waals surface area contributed by atoms with Crippen LogP contribution >= 0.6 is 0 Å². The second-order valence-electron chi connectivity index (χ2n) is 5.89. The predicted octanol–water partition coefficient (Wildman–Crippen LogP) is 2.60. The number of carbonyl (C=O) groups excluding carboxylic acids is 2. The Kier molecular flexibility index (Phi) is 4.02. The smallest absolute Gasteiger partial charge is 0.261 e. The first-order valence-corrected chi connectivity index (χ1v) is 7.83. The highest BCUT2D eigenvalue weighted by Crippen LogP contribution is 2.32. The fourth-order valence-electron chi connectivity index (χ4n) is 3.23. The molecule has 1 fully saturated rings. The quantitative estimate of drug-likeness (QED) is 0.802. The van der Waals surface area contributed by atoms with Gasteiger partial charge in [-0.25, -0.2) is 0 Å². The molecule has 1 saturated heterocycles. The number of hydrogen-bond donors (Lipinski definition) is 0. The maximum Gasteiger partial charge on any atom is 0.261 e. The number of carbonyl (C=O) groups is 2. The predicted molar refractivity (Wildman–Crippen MR) is 80.6 cm³/mol. The van der Waals surface area contributed by atoms with Crippen LogP contribution in [-0.4, -0.2) is 41.8 Å². The zero-order valence-corrected chi connectivity index (χ0v) is 13.0. The van der Waals surface area contributed by atoms with Crippen LogP contribution < -0.4 is 0 Å². The Bertz CT molecular complexity index is 557. The fourth-order valence-corrected chi connectivity index (χ4v) is 3.23. The van der Waals surface area contributed by atoms with E-state index in [1.807, 2.05) is 13.8 Å². The average Bonchev–Trinajstić information content (AvgIpc) is 2.80. The van der Waals surface area contributed by atoms with E-state index in [4.69, 9.17) is 9.47 Å². The van der Waals surface area contributed by atoms with Crippen molar-refractivity contribution in [2.45, 2.75) is 44.9 Å². The summed E-state index contributed by atoms with van der Waals surface area (Å²) in [5.41, 5.74) is 0.964. The van der Waals surface area contributed by atoms with Crippen molar-refractivity contribution in [3.8, 4) is 0 Å². The highest BCUT2D eigenvalue weighted by Gasteiger charge is 2.42. The number of fused-ring (bicyclic) bond motifs is 1. The Morgan fingerprint density at radius 2 is 1.68 bits per heavy atom. The Hall–Kier alpha value is -1.72. The first-order chi connectivity index (χ1) is 10.6. The SMILES string of the molecule is CCC1(CC(C)N2C(=O)c3ccccc3C2=O)OCCCO1. The van der Waals surface area contributed by atoms with E-state index in [1.54, 1.807) is 24.3 Å². The lowest BCUT2D eigenvalue weighted by atomic mass is 10.0. The summed E-state index contributed by atoms with van der Waals surface area (Å²) in [5, 5.41) is 0. The Morgan fingerprint density at radius 1 is 1.14 bits per heavy atom. The van der Waals surface area contributed by atoms with E-state index in [0.717, 1.165) is 6.42 Å². The van der Waals surface area contributed by atoms with Crippen LogP contribution in [0.25, 0.3) is 0 Å². The van der Waals surface area contributed by atoms with Crippen molar-refractivity contribution >= 4 is 11.8 Å². The molecule has 0 saturated carbocycles. The van der Waals surface area contributed by atoms with Crippen LogP contribution in [0.15, 0.2) is 24.3 Å². The molecular formula is C17H21NO4. The number of hydrogen-bond acceptors (Lipinski definition) is 4. The topological polar surface area (TPSA) is 55.8 Å². The summed E-state index contributed by atoms with van der Waals surface area (Å²) in [6, 6.07) is 6.68. The lowest BCUT2D eigenvalue weighted by Gasteiger charge is -2.39. The van der Waals surface area contributed by atoms with Crippen LogP contribution in [0, 0.1) is 0 Å². The Morgan fingerprint density at radius 3 is 2.18 bits per heavy atom. The molecule has 2 aliphatic rings. The summed E-state index contributed by atoms with van der Waals surface area (Å²) in [5.74, 6) is -1.14. The summed E-state index contributed by atoms with van der Waals surface area (Å²) in [6.45, 7) is 5.19. The minimum atomic E-state index is -0.687. The van der Waals surface area contributed by atoms with Gasteiger partial charge in [0, 0.05) is 12.5 Å². The van der Waals surface area contributed by atoms with Crippen molar-refractivity contribution in [3.05, 3.63) is 35.4 Å². The van der Waals surface area contributed by atoms with Crippen molar-refractivity contribution in [3.63, 3.8) is 0 Å². The Balaban J connectivity index is 1.80. The molecule has 3 rings (SSSR count). The lowest BCUT2D eigenvalue weighted by molar-refractivity contribution is -0.274. The van der Waals surface area contributed by atoms with Crippen LogP contribution in [-0.2, 0) is 9.47 Å². The molecule has 0 aromatic heterocycles. The second-order valence-corrected chi connectivity index (χ2v) is 5.89. The zero-order chi connectivity index (χ0) is 15.7. The molecular weight excluding hydrogens is 282 g/mol. The number of imide groups is 1. The summed E-state index contributed by atoms with van der Waals surface area (Å²) in [7, 11) is 0. The van der Waals surface area contributed by atoms with Crippen LogP contribution in [0.4, 0.5) is 0 Å². The normalized spacial score (nSPS) is 21.8. The molecule has 0 radical (unpaired) electrons. The molecule has 1 atom stereocenters. The summed E-state index contributed by atoms with van der Waals surface area (Å²) in [4.78, 5) is 26.3. The van der Waals surface area contributed by atoms with Crippen LogP contribution in [0.3, 0.4) is 0 Å². The molecule has 1 unspecified atom stereocenters. The van der Waals surface area contributed by atoms with Gasteiger partial charge in [0.15, 0.2) is 5.79 Å². The molecule has 2 aliphatic heterocycles. The number of ether oxygens (including phenoxy) is 2. The van der Waals surface area contributed by atoms with Crippen molar-refractivity contribution in [1.29, 1.82) is 0 Å². The summed E-state index contributed by atoms with van der Waals surface area (Å²) < 4.78 is 11.6. The van der Waals surface area contributed by atoms with Crippen molar-refractivity contribution < 1.29 is 19.1 Å². The molecule has 5 nitrogen and oxygen atoms in total. The molecule has 0 aliphatic carbocycles. The molecule has 22 heavy (non-hydrogen) atoms. The van der Waals surface area contributed by atoms with E-state index in [-0.39, 0.29) is 17.9 Å². The maximum absolute atomic E-state index is 12.5. The molecule has 0 N–H and O–H groups in total. The molecule has 1 aromatic carbocycles. The summed E-state index contributed by atoms with van der Waals surface area (Å²) >= 11 is 0. The largest absolute Gasteiger partial charge is 0.350 e. The minimum Gasteiger partial charge on any atom is -0.350 e. The van der Waals surface area contributed by atoms with Crippen molar-refractivity contribution in [2.75, 3.05) is 13.2 Å². The molecule has 5 heteroatoms. The van der Waals surface area contributed by atoms with Gasteiger partial charge in [-0.1, -0.05) is 19.1 Å². The number of rotatable bonds is 4. The molecule has 2 amide bonds. The van der Waals surface area contributed by atoms with Crippen molar-refractivity contribution in [1.82, 2.24) is 4.90 Å². The van der Waals surface area contributed by atoms with Crippen LogP contribution in [0.1, 0.15) is 53.8 Å².